The van der Waals surface area contributed by atoms with Crippen molar-refractivity contribution >= 4 is 27.7 Å². The van der Waals surface area contributed by atoms with E-state index in [9.17, 15) is 22.4 Å². The summed E-state index contributed by atoms with van der Waals surface area (Å²) in [6.45, 7) is 0.528. The average molecular weight is 396 g/mol. The molecule has 12 heteroatoms. The first-order valence-electron chi connectivity index (χ1n) is 8.10. The van der Waals surface area contributed by atoms with E-state index < -0.39 is 27.7 Å². The first-order valence-corrected chi connectivity index (χ1v) is 9.71. The molecule has 0 aromatic carbocycles. The number of halogens is 1. The Morgan fingerprint density at radius 1 is 1.26 bits per heavy atom. The predicted molar refractivity (Wildman–Crippen MR) is 92.9 cm³/mol. The summed E-state index contributed by atoms with van der Waals surface area (Å²) in [7, 11) is -3.25. The van der Waals surface area contributed by atoms with Gasteiger partial charge in [0.1, 0.15) is 0 Å². The Labute approximate surface area is 154 Å². The highest BCUT2D eigenvalue weighted by molar-refractivity contribution is 7.89. The molecule has 0 unspecified atom stereocenters. The van der Waals surface area contributed by atoms with Gasteiger partial charge in [0, 0.05) is 38.1 Å². The average Bonchev–Trinajstić information content (AvgIpc) is 3.21. The molecule has 0 aliphatic carbocycles. The van der Waals surface area contributed by atoms with Crippen LogP contribution in [0, 0.1) is 5.82 Å². The van der Waals surface area contributed by atoms with Crippen LogP contribution in [-0.2, 0) is 19.6 Å². The Bertz CT molecular complexity index is 961. The second-order valence-corrected chi connectivity index (χ2v) is 7.82. The fraction of sp³-hybridized carbons (Fsp3) is 0.333. The molecule has 3 rings (SSSR count). The maximum atomic E-state index is 13.7. The lowest BCUT2D eigenvalue weighted by Crippen LogP contribution is -2.40. The second kappa shape index (κ2) is 7.80. The van der Waals surface area contributed by atoms with Crippen molar-refractivity contribution in [2.75, 3.05) is 30.7 Å². The highest BCUT2D eigenvalue weighted by Gasteiger charge is 2.27. The molecule has 0 spiro atoms. The Morgan fingerprint density at radius 2 is 2.07 bits per heavy atom. The van der Waals surface area contributed by atoms with Gasteiger partial charge in [0.25, 0.3) is 0 Å². The lowest BCUT2D eigenvalue weighted by Gasteiger charge is -2.14. The first-order chi connectivity index (χ1) is 12.9. The van der Waals surface area contributed by atoms with Crippen LogP contribution in [0.1, 0.15) is 6.42 Å². The molecule has 2 aromatic heterocycles. The Balaban J connectivity index is 1.52. The van der Waals surface area contributed by atoms with Crippen LogP contribution in [-0.4, -0.2) is 64.7 Å². The van der Waals surface area contributed by atoms with Crippen molar-refractivity contribution < 1.29 is 22.4 Å². The largest absolute Gasteiger partial charge is 0.347 e. The van der Waals surface area contributed by atoms with Crippen LogP contribution in [0.2, 0.25) is 0 Å². The Morgan fingerprint density at radius 3 is 2.78 bits per heavy atom. The van der Waals surface area contributed by atoms with Crippen LogP contribution >= 0.6 is 0 Å². The molecule has 1 aliphatic rings. The number of hydrogen-bond donors (Lipinski definition) is 2. The SMILES string of the molecule is O=C(NCCN1CCCS1(=O)=O)C(=O)Nc1ccn(-c2ncccc2F)n1. The van der Waals surface area contributed by atoms with Gasteiger partial charge in [0.2, 0.25) is 10.0 Å². The molecule has 0 atom stereocenters. The van der Waals surface area contributed by atoms with Gasteiger partial charge in [-0.3, -0.25) is 9.59 Å². The van der Waals surface area contributed by atoms with Crippen molar-refractivity contribution in [1.29, 1.82) is 0 Å². The van der Waals surface area contributed by atoms with Crippen LogP contribution in [0.25, 0.3) is 5.82 Å². The first kappa shape index (κ1) is 18.9. The van der Waals surface area contributed by atoms with Gasteiger partial charge in [-0.05, 0) is 18.6 Å². The molecule has 3 heterocycles. The van der Waals surface area contributed by atoms with E-state index in [1.165, 1.54) is 34.9 Å². The summed E-state index contributed by atoms with van der Waals surface area (Å²) in [4.78, 5) is 27.5. The lowest BCUT2D eigenvalue weighted by molar-refractivity contribution is -0.136. The number of carbonyl (C=O) groups excluding carboxylic acids is 2. The molecule has 144 valence electrons. The smallest absolute Gasteiger partial charge is 0.314 e. The fourth-order valence-electron chi connectivity index (χ4n) is 2.54. The van der Waals surface area contributed by atoms with E-state index in [1.807, 2.05) is 0 Å². The minimum Gasteiger partial charge on any atom is -0.347 e. The maximum absolute atomic E-state index is 13.7. The van der Waals surface area contributed by atoms with Gasteiger partial charge in [-0.2, -0.15) is 0 Å². The number of nitrogens with zero attached hydrogens (tertiary/aromatic N) is 4. The third-order valence-corrected chi connectivity index (χ3v) is 5.80. The number of anilines is 1. The molecule has 2 aromatic rings. The minimum absolute atomic E-state index is 0.0130. The second-order valence-electron chi connectivity index (χ2n) is 5.73. The number of amides is 2. The molecule has 1 fully saturated rings. The molecule has 0 bridgehead atoms. The van der Waals surface area contributed by atoms with E-state index in [2.05, 4.69) is 20.7 Å². The lowest BCUT2D eigenvalue weighted by atomic mass is 10.4. The van der Waals surface area contributed by atoms with Crippen molar-refractivity contribution in [3.63, 3.8) is 0 Å². The molecule has 1 aliphatic heterocycles. The number of rotatable bonds is 5. The van der Waals surface area contributed by atoms with Gasteiger partial charge in [-0.15, -0.1) is 5.10 Å². The summed E-state index contributed by atoms with van der Waals surface area (Å²) < 4.78 is 39.4. The van der Waals surface area contributed by atoms with E-state index in [0.29, 0.717) is 13.0 Å². The number of aromatic nitrogens is 3. The van der Waals surface area contributed by atoms with Crippen molar-refractivity contribution in [1.82, 2.24) is 24.4 Å². The van der Waals surface area contributed by atoms with Gasteiger partial charge in [0.05, 0.1) is 5.75 Å². The summed E-state index contributed by atoms with van der Waals surface area (Å²) in [5, 5.41) is 8.57. The molecule has 0 radical (unpaired) electrons. The monoisotopic (exact) mass is 396 g/mol. The van der Waals surface area contributed by atoms with Crippen LogP contribution in [0.4, 0.5) is 10.2 Å². The Kier molecular flexibility index (Phi) is 5.46. The van der Waals surface area contributed by atoms with Crippen molar-refractivity contribution in [2.24, 2.45) is 0 Å². The molecule has 10 nitrogen and oxygen atoms in total. The highest BCUT2D eigenvalue weighted by atomic mass is 32.2. The molecule has 0 saturated carbocycles. The van der Waals surface area contributed by atoms with Crippen LogP contribution in [0.3, 0.4) is 0 Å². The molecule has 2 amide bonds. The van der Waals surface area contributed by atoms with E-state index >= 15 is 0 Å². The van der Waals surface area contributed by atoms with E-state index in [-0.39, 0.29) is 30.5 Å². The molecule has 1 saturated heterocycles. The topological polar surface area (TPSA) is 126 Å². The number of nitrogens with one attached hydrogen (secondary N) is 2. The number of sulfonamides is 1. The fourth-order valence-corrected chi connectivity index (χ4v) is 4.07. The zero-order valence-electron chi connectivity index (χ0n) is 14.1. The van der Waals surface area contributed by atoms with Gasteiger partial charge < -0.3 is 10.6 Å². The van der Waals surface area contributed by atoms with Crippen LogP contribution < -0.4 is 10.6 Å². The van der Waals surface area contributed by atoms with Gasteiger partial charge in [-0.25, -0.2) is 26.8 Å². The molecular formula is C15H17FN6O4S. The zero-order chi connectivity index (χ0) is 19.4. The standard InChI is InChI=1S/C15H17FN6O4S/c16-11-3-1-5-17-13(11)22-8-4-12(20-22)19-15(24)14(23)18-6-9-21-7-2-10-27(21,25)26/h1,3-5,8H,2,6-7,9-10H2,(H,18,23)(H,19,20,24). The summed E-state index contributed by atoms with van der Waals surface area (Å²) in [6, 6.07) is 4.04. The maximum Gasteiger partial charge on any atom is 0.314 e. The quantitative estimate of drug-likeness (QED) is 0.656. The molecular weight excluding hydrogens is 379 g/mol. The number of hydrogen-bond acceptors (Lipinski definition) is 6. The summed E-state index contributed by atoms with van der Waals surface area (Å²) in [6.07, 6.45) is 3.33. The van der Waals surface area contributed by atoms with Crippen molar-refractivity contribution in [3.05, 3.63) is 36.4 Å². The summed E-state index contributed by atoms with van der Waals surface area (Å²) >= 11 is 0. The summed E-state index contributed by atoms with van der Waals surface area (Å²) in [5.41, 5.74) is 0. The van der Waals surface area contributed by atoms with Gasteiger partial charge >= 0.3 is 11.8 Å². The third-order valence-electron chi connectivity index (χ3n) is 3.84. The summed E-state index contributed by atoms with van der Waals surface area (Å²) in [5.74, 6) is -2.39. The van der Waals surface area contributed by atoms with E-state index in [4.69, 9.17) is 0 Å². The third kappa shape index (κ3) is 4.46. The van der Waals surface area contributed by atoms with Crippen LogP contribution in [0.5, 0.6) is 0 Å². The predicted octanol–water partition coefficient (Wildman–Crippen LogP) is -0.503. The minimum atomic E-state index is -3.25. The number of carbonyl (C=O) groups is 2. The van der Waals surface area contributed by atoms with Crippen LogP contribution in [0.15, 0.2) is 30.6 Å². The molecule has 2 N–H and O–H groups in total. The van der Waals surface area contributed by atoms with Gasteiger partial charge in [-0.1, -0.05) is 0 Å². The zero-order valence-corrected chi connectivity index (χ0v) is 14.9. The Hall–Kier alpha value is -2.86. The van der Waals surface area contributed by atoms with E-state index in [0.717, 1.165) is 4.68 Å². The normalized spacial score (nSPS) is 16.2. The van der Waals surface area contributed by atoms with Gasteiger partial charge in [0.15, 0.2) is 17.5 Å². The van der Waals surface area contributed by atoms with Crippen molar-refractivity contribution in [3.8, 4) is 5.82 Å². The number of pyridine rings is 1. The highest BCUT2D eigenvalue weighted by Crippen LogP contribution is 2.12. The molecule has 27 heavy (non-hydrogen) atoms. The van der Waals surface area contributed by atoms with Crippen molar-refractivity contribution in [2.45, 2.75) is 6.42 Å². The van der Waals surface area contributed by atoms with E-state index in [1.54, 1.807) is 0 Å².